The Balaban J connectivity index is 1.99. The van der Waals surface area contributed by atoms with E-state index in [-0.39, 0.29) is 23.9 Å². The van der Waals surface area contributed by atoms with Crippen molar-refractivity contribution in [1.29, 1.82) is 0 Å². The van der Waals surface area contributed by atoms with Gasteiger partial charge < -0.3 is 10.1 Å². The van der Waals surface area contributed by atoms with Gasteiger partial charge in [-0.3, -0.25) is 9.59 Å². The third kappa shape index (κ3) is 5.67. The first-order chi connectivity index (χ1) is 13.3. The first-order valence-corrected chi connectivity index (χ1v) is 9.55. The molecule has 6 heteroatoms. The van der Waals surface area contributed by atoms with Crippen LogP contribution in [-0.4, -0.2) is 30.3 Å². The maximum Gasteiger partial charge on any atom is 0.329 e. The van der Waals surface area contributed by atoms with E-state index in [1.165, 1.54) is 0 Å². The Morgan fingerprint density at radius 1 is 1.04 bits per heavy atom. The molecule has 0 heterocycles. The number of esters is 1. The summed E-state index contributed by atoms with van der Waals surface area (Å²) in [7, 11) is 0. The highest BCUT2D eigenvalue weighted by Gasteiger charge is 2.27. The van der Waals surface area contributed by atoms with Gasteiger partial charge >= 0.3 is 5.97 Å². The SMILES string of the molecule is CCc1ccc(C(=O)COC(=O)[C@@H](NC(=O)c2ccccc2Cl)C(C)C)cc1. The van der Waals surface area contributed by atoms with Gasteiger partial charge in [0.2, 0.25) is 0 Å². The van der Waals surface area contributed by atoms with Gasteiger partial charge in [-0.05, 0) is 30.0 Å². The first-order valence-electron chi connectivity index (χ1n) is 9.17. The van der Waals surface area contributed by atoms with Gasteiger partial charge in [-0.25, -0.2) is 4.79 Å². The Morgan fingerprint density at radius 2 is 1.68 bits per heavy atom. The minimum absolute atomic E-state index is 0.224. The molecule has 0 saturated carbocycles. The van der Waals surface area contributed by atoms with E-state index in [9.17, 15) is 14.4 Å². The molecule has 0 bridgehead atoms. The Morgan fingerprint density at radius 3 is 2.25 bits per heavy atom. The summed E-state index contributed by atoms with van der Waals surface area (Å²) in [6.45, 7) is 5.21. The Hall–Kier alpha value is -2.66. The summed E-state index contributed by atoms with van der Waals surface area (Å²) in [4.78, 5) is 37.1. The summed E-state index contributed by atoms with van der Waals surface area (Å²) in [6.07, 6.45) is 0.880. The highest BCUT2D eigenvalue weighted by molar-refractivity contribution is 6.33. The zero-order valence-corrected chi connectivity index (χ0v) is 17.0. The topological polar surface area (TPSA) is 72.5 Å². The van der Waals surface area contributed by atoms with Crippen molar-refractivity contribution in [2.75, 3.05) is 6.61 Å². The smallest absolute Gasteiger partial charge is 0.329 e. The van der Waals surface area contributed by atoms with Crippen LogP contribution in [-0.2, 0) is 16.0 Å². The minimum Gasteiger partial charge on any atom is -0.456 e. The third-order valence-corrected chi connectivity index (χ3v) is 4.68. The number of aryl methyl sites for hydroxylation is 1. The average molecular weight is 402 g/mol. The van der Waals surface area contributed by atoms with Crippen LogP contribution in [0.4, 0.5) is 0 Å². The molecule has 1 amide bonds. The van der Waals surface area contributed by atoms with E-state index < -0.39 is 17.9 Å². The molecule has 0 aliphatic rings. The largest absolute Gasteiger partial charge is 0.456 e. The van der Waals surface area contributed by atoms with Crippen LogP contribution in [0.15, 0.2) is 48.5 Å². The molecular formula is C22H24ClNO4. The molecule has 1 N–H and O–H groups in total. The molecule has 0 aromatic heterocycles. The molecule has 0 spiro atoms. The van der Waals surface area contributed by atoms with E-state index in [0.29, 0.717) is 10.6 Å². The molecule has 0 saturated heterocycles. The number of hydrogen-bond acceptors (Lipinski definition) is 4. The van der Waals surface area contributed by atoms with E-state index >= 15 is 0 Å². The Kier molecular flexibility index (Phi) is 7.76. The summed E-state index contributed by atoms with van der Waals surface area (Å²) in [6, 6.07) is 12.9. The number of benzene rings is 2. The van der Waals surface area contributed by atoms with Crippen molar-refractivity contribution in [3.8, 4) is 0 Å². The molecule has 0 fully saturated rings. The van der Waals surface area contributed by atoms with Crippen LogP contribution < -0.4 is 5.32 Å². The lowest BCUT2D eigenvalue weighted by Gasteiger charge is -2.21. The molecule has 0 aliphatic heterocycles. The number of carbonyl (C=O) groups is 3. The number of ether oxygens (including phenoxy) is 1. The van der Waals surface area contributed by atoms with Crippen LogP contribution in [0.25, 0.3) is 0 Å². The third-order valence-electron chi connectivity index (χ3n) is 4.36. The number of rotatable bonds is 8. The van der Waals surface area contributed by atoms with Crippen LogP contribution in [0.1, 0.15) is 47.1 Å². The number of amides is 1. The number of ketones is 1. The van der Waals surface area contributed by atoms with Crippen molar-refractivity contribution in [3.05, 3.63) is 70.2 Å². The van der Waals surface area contributed by atoms with Gasteiger partial charge in [0.1, 0.15) is 6.04 Å². The number of nitrogens with one attached hydrogen (secondary N) is 1. The number of Topliss-reactive ketones (excluding diaryl/α,β-unsaturated/α-hetero) is 1. The van der Waals surface area contributed by atoms with Gasteiger partial charge in [-0.1, -0.05) is 68.8 Å². The second kappa shape index (κ2) is 10.0. The summed E-state index contributed by atoms with van der Waals surface area (Å²) >= 11 is 6.03. The van der Waals surface area contributed by atoms with Gasteiger partial charge in [0.25, 0.3) is 5.91 Å². The minimum atomic E-state index is -0.890. The van der Waals surface area contributed by atoms with Crippen molar-refractivity contribution in [3.63, 3.8) is 0 Å². The second-order valence-electron chi connectivity index (χ2n) is 6.76. The Bertz CT molecular complexity index is 846. The summed E-state index contributed by atoms with van der Waals surface area (Å²) < 4.78 is 5.17. The van der Waals surface area contributed by atoms with E-state index in [4.69, 9.17) is 16.3 Å². The molecule has 28 heavy (non-hydrogen) atoms. The van der Waals surface area contributed by atoms with E-state index in [2.05, 4.69) is 5.32 Å². The lowest BCUT2D eigenvalue weighted by atomic mass is 10.0. The summed E-state index contributed by atoms with van der Waals surface area (Å²) in [5, 5.41) is 2.94. The van der Waals surface area contributed by atoms with Crippen molar-refractivity contribution >= 4 is 29.3 Å². The van der Waals surface area contributed by atoms with Crippen molar-refractivity contribution in [2.24, 2.45) is 5.92 Å². The molecular weight excluding hydrogens is 378 g/mol. The molecule has 1 atom stereocenters. The zero-order valence-electron chi connectivity index (χ0n) is 16.2. The van der Waals surface area contributed by atoms with Crippen LogP contribution in [0.2, 0.25) is 5.02 Å². The maximum absolute atomic E-state index is 12.5. The van der Waals surface area contributed by atoms with Crippen LogP contribution in [0.3, 0.4) is 0 Å². The lowest BCUT2D eigenvalue weighted by molar-refractivity contribution is -0.145. The fraction of sp³-hybridized carbons (Fsp3) is 0.318. The van der Waals surface area contributed by atoms with Crippen molar-refractivity contribution < 1.29 is 19.1 Å². The van der Waals surface area contributed by atoms with E-state index in [1.807, 2.05) is 19.1 Å². The summed E-state index contributed by atoms with van der Waals surface area (Å²) in [5.74, 6) is -1.65. The number of carbonyl (C=O) groups excluding carboxylic acids is 3. The number of hydrogen-bond donors (Lipinski definition) is 1. The molecule has 0 aliphatic carbocycles. The van der Waals surface area contributed by atoms with Crippen LogP contribution in [0, 0.1) is 5.92 Å². The monoisotopic (exact) mass is 401 g/mol. The molecule has 5 nitrogen and oxygen atoms in total. The first kappa shape index (κ1) is 21.6. The van der Waals surface area contributed by atoms with Gasteiger partial charge in [-0.2, -0.15) is 0 Å². The van der Waals surface area contributed by atoms with Crippen LogP contribution in [0.5, 0.6) is 0 Å². The van der Waals surface area contributed by atoms with Crippen LogP contribution >= 0.6 is 11.6 Å². The standard InChI is InChI=1S/C22H24ClNO4/c1-4-15-9-11-16(12-10-15)19(25)13-28-22(27)20(14(2)3)24-21(26)17-7-5-6-8-18(17)23/h5-12,14,20H,4,13H2,1-3H3,(H,24,26)/t20-/m0/s1. The predicted molar refractivity (Wildman–Crippen MR) is 109 cm³/mol. The lowest BCUT2D eigenvalue weighted by Crippen LogP contribution is -2.45. The Labute approximate surface area is 170 Å². The molecule has 148 valence electrons. The van der Waals surface area contributed by atoms with E-state index in [1.54, 1.807) is 50.2 Å². The molecule has 0 radical (unpaired) electrons. The van der Waals surface area contributed by atoms with Gasteiger partial charge in [-0.15, -0.1) is 0 Å². The summed E-state index contributed by atoms with van der Waals surface area (Å²) in [5.41, 5.74) is 1.87. The number of halogens is 1. The van der Waals surface area contributed by atoms with Crippen molar-refractivity contribution in [2.45, 2.75) is 33.2 Å². The van der Waals surface area contributed by atoms with Crippen molar-refractivity contribution in [1.82, 2.24) is 5.32 Å². The van der Waals surface area contributed by atoms with Gasteiger partial charge in [0, 0.05) is 5.56 Å². The molecule has 2 aromatic rings. The fourth-order valence-corrected chi connectivity index (χ4v) is 2.82. The molecule has 2 aromatic carbocycles. The highest BCUT2D eigenvalue weighted by Crippen LogP contribution is 2.16. The normalized spacial score (nSPS) is 11.8. The predicted octanol–water partition coefficient (Wildman–Crippen LogP) is 4.08. The van der Waals surface area contributed by atoms with E-state index in [0.717, 1.165) is 12.0 Å². The fourth-order valence-electron chi connectivity index (χ4n) is 2.60. The van der Waals surface area contributed by atoms with Gasteiger partial charge in [0.05, 0.1) is 10.6 Å². The maximum atomic E-state index is 12.5. The van der Waals surface area contributed by atoms with Gasteiger partial charge in [0.15, 0.2) is 12.4 Å². The molecule has 2 rings (SSSR count). The average Bonchev–Trinajstić information content (AvgIpc) is 2.69. The molecule has 0 unspecified atom stereocenters. The quantitative estimate of drug-likeness (QED) is 0.534. The highest BCUT2D eigenvalue weighted by atomic mass is 35.5. The zero-order chi connectivity index (χ0) is 20.7. The second-order valence-corrected chi connectivity index (χ2v) is 7.16.